The summed E-state index contributed by atoms with van der Waals surface area (Å²) in [6.07, 6.45) is 3.21. The molecule has 0 spiro atoms. The lowest BCUT2D eigenvalue weighted by Crippen LogP contribution is -2.49. The molecule has 1 aliphatic heterocycles. The van der Waals surface area contributed by atoms with Crippen molar-refractivity contribution in [2.24, 2.45) is 0 Å². The Morgan fingerprint density at radius 2 is 2.37 bits per heavy atom. The maximum atomic E-state index is 12.6. The Bertz CT molecular complexity index is 427. The highest BCUT2D eigenvalue weighted by Crippen LogP contribution is 2.14. The van der Waals surface area contributed by atoms with Crippen LogP contribution in [0.4, 0.5) is 0 Å². The van der Waals surface area contributed by atoms with Crippen LogP contribution in [-0.4, -0.2) is 41.5 Å². The summed E-state index contributed by atoms with van der Waals surface area (Å²) in [5.74, 6) is 0.0688. The molecule has 1 fully saturated rings. The summed E-state index contributed by atoms with van der Waals surface area (Å²) in [7, 11) is 0. The van der Waals surface area contributed by atoms with Crippen LogP contribution in [0.25, 0.3) is 0 Å². The highest BCUT2D eigenvalue weighted by molar-refractivity contribution is 5.92. The molecule has 4 nitrogen and oxygen atoms in total. The molecule has 0 aliphatic carbocycles. The average Bonchev–Trinajstić information content (AvgIpc) is 2.45. The topological polar surface area (TPSA) is 45.2 Å². The van der Waals surface area contributed by atoms with Crippen molar-refractivity contribution in [3.63, 3.8) is 0 Å². The maximum absolute atomic E-state index is 12.6. The van der Waals surface area contributed by atoms with Gasteiger partial charge in [-0.1, -0.05) is 13.0 Å². The summed E-state index contributed by atoms with van der Waals surface area (Å²) in [5.41, 5.74) is 1.46. The molecule has 1 aliphatic rings. The second kappa shape index (κ2) is 6.66. The van der Waals surface area contributed by atoms with E-state index < -0.39 is 0 Å². The van der Waals surface area contributed by atoms with Gasteiger partial charge >= 0.3 is 0 Å². The quantitative estimate of drug-likeness (QED) is 0.901. The Morgan fingerprint density at radius 3 is 3.00 bits per heavy atom. The minimum absolute atomic E-state index is 0.0688. The summed E-state index contributed by atoms with van der Waals surface area (Å²) in [6.45, 7) is 6.80. The molecule has 1 N–H and O–H groups in total. The maximum Gasteiger partial charge on any atom is 0.272 e. The largest absolute Gasteiger partial charge is 0.333 e. The van der Waals surface area contributed by atoms with Crippen LogP contribution in [-0.2, 0) is 0 Å². The van der Waals surface area contributed by atoms with E-state index in [1.54, 1.807) is 0 Å². The van der Waals surface area contributed by atoms with Crippen LogP contribution in [0.2, 0.25) is 0 Å². The number of aromatic nitrogens is 1. The van der Waals surface area contributed by atoms with E-state index in [-0.39, 0.29) is 5.91 Å². The first-order valence-electron chi connectivity index (χ1n) is 7.17. The number of rotatable bonds is 4. The van der Waals surface area contributed by atoms with Gasteiger partial charge in [0, 0.05) is 24.8 Å². The van der Waals surface area contributed by atoms with Gasteiger partial charge in [-0.25, -0.2) is 4.98 Å². The Hall–Kier alpha value is -1.42. The van der Waals surface area contributed by atoms with Crippen LogP contribution >= 0.6 is 0 Å². The van der Waals surface area contributed by atoms with E-state index in [1.165, 1.54) is 0 Å². The number of amides is 1. The van der Waals surface area contributed by atoms with Crippen molar-refractivity contribution < 1.29 is 4.79 Å². The van der Waals surface area contributed by atoms with E-state index in [2.05, 4.69) is 17.2 Å². The number of aryl methyl sites for hydroxylation is 1. The highest BCUT2D eigenvalue weighted by atomic mass is 16.2. The molecule has 4 heteroatoms. The third-order valence-electron chi connectivity index (χ3n) is 3.54. The molecule has 104 valence electrons. The van der Waals surface area contributed by atoms with Gasteiger partial charge in [0.2, 0.25) is 0 Å². The third kappa shape index (κ3) is 3.53. The summed E-state index contributed by atoms with van der Waals surface area (Å²) < 4.78 is 0. The van der Waals surface area contributed by atoms with Gasteiger partial charge in [0.15, 0.2) is 0 Å². The number of piperidine rings is 1. The van der Waals surface area contributed by atoms with E-state index in [9.17, 15) is 4.79 Å². The number of nitrogens with one attached hydrogen (secondary N) is 1. The van der Waals surface area contributed by atoms with Gasteiger partial charge in [0.25, 0.3) is 5.91 Å². The van der Waals surface area contributed by atoms with Crippen LogP contribution in [0.1, 0.15) is 42.4 Å². The van der Waals surface area contributed by atoms with Crippen molar-refractivity contribution in [3.05, 3.63) is 29.6 Å². The van der Waals surface area contributed by atoms with Gasteiger partial charge < -0.3 is 10.2 Å². The van der Waals surface area contributed by atoms with Crippen LogP contribution < -0.4 is 5.32 Å². The average molecular weight is 261 g/mol. The van der Waals surface area contributed by atoms with Crippen LogP contribution in [0, 0.1) is 6.92 Å². The highest BCUT2D eigenvalue weighted by Gasteiger charge is 2.26. The molecule has 19 heavy (non-hydrogen) atoms. The summed E-state index contributed by atoms with van der Waals surface area (Å²) in [6, 6.07) is 5.94. The molecule has 2 rings (SSSR count). The normalized spacial score (nSPS) is 19.2. The van der Waals surface area contributed by atoms with Crippen molar-refractivity contribution >= 4 is 5.91 Å². The molecule has 1 aromatic rings. The van der Waals surface area contributed by atoms with E-state index in [1.807, 2.05) is 30.0 Å². The fraction of sp³-hybridized carbons (Fsp3) is 0.600. The molecular formula is C15H23N3O. The zero-order chi connectivity index (χ0) is 13.7. The van der Waals surface area contributed by atoms with Crippen molar-refractivity contribution in [3.8, 4) is 0 Å². The first-order valence-corrected chi connectivity index (χ1v) is 7.17. The number of carbonyl (C=O) groups excluding carboxylic acids is 1. The SMILES string of the molecule is CCCN(C(=O)c1cccc(C)n1)C1CCCNC1. The van der Waals surface area contributed by atoms with E-state index in [0.717, 1.165) is 44.6 Å². The first-order chi connectivity index (χ1) is 9.22. The number of hydrogen-bond donors (Lipinski definition) is 1. The number of carbonyl (C=O) groups is 1. The Kier molecular flexibility index (Phi) is 4.91. The minimum atomic E-state index is 0.0688. The van der Waals surface area contributed by atoms with Crippen molar-refractivity contribution in [1.82, 2.24) is 15.2 Å². The predicted octanol–water partition coefficient (Wildman–Crippen LogP) is 1.99. The van der Waals surface area contributed by atoms with Crippen molar-refractivity contribution in [2.45, 2.75) is 39.2 Å². The van der Waals surface area contributed by atoms with E-state index in [0.29, 0.717) is 11.7 Å². The lowest BCUT2D eigenvalue weighted by molar-refractivity contribution is 0.0642. The molecule has 2 heterocycles. The fourth-order valence-corrected chi connectivity index (χ4v) is 2.60. The fourth-order valence-electron chi connectivity index (χ4n) is 2.60. The minimum Gasteiger partial charge on any atom is -0.333 e. The third-order valence-corrected chi connectivity index (χ3v) is 3.54. The number of nitrogens with zero attached hydrogens (tertiary/aromatic N) is 2. The molecule has 0 radical (unpaired) electrons. The lowest BCUT2D eigenvalue weighted by Gasteiger charge is -2.34. The Labute approximate surface area is 115 Å². The van der Waals surface area contributed by atoms with Gasteiger partial charge in [-0.05, 0) is 44.9 Å². The second-order valence-corrected chi connectivity index (χ2v) is 5.16. The smallest absolute Gasteiger partial charge is 0.272 e. The molecule has 1 atom stereocenters. The Balaban J connectivity index is 2.15. The van der Waals surface area contributed by atoms with Gasteiger partial charge in [0.1, 0.15) is 5.69 Å². The van der Waals surface area contributed by atoms with E-state index in [4.69, 9.17) is 0 Å². The molecule has 0 aromatic carbocycles. The first kappa shape index (κ1) is 14.0. The molecule has 1 amide bonds. The zero-order valence-corrected chi connectivity index (χ0v) is 11.9. The lowest BCUT2D eigenvalue weighted by atomic mass is 10.0. The van der Waals surface area contributed by atoms with Crippen LogP contribution in [0.3, 0.4) is 0 Å². The molecule has 1 unspecified atom stereocenters. The van der Waals surface area contributed by atoms with Gasteiger partial charge in [0.05, 0.1) is 0 Å². The van der Waals surface area contributed by atoms with Gasteiger partial charge in [-0.3, -0.25) is 4.79 Å². The zero-order valence-electron chi connectivity index (χ0n) is 11.9. The summed E-state index contributed by atoms with van der Waals surface area (Å²) >= 11 is 0. The molecule has 1 saturated heterocycles. The predicted molar refractivity (Wildman–Crippen MR) is 76.2 cm³/mol. The van der Waals surface area contributed by atoms with Crippen LogP contribution in [0.15, 0.2) is 18.2 Å². The van der Waals surface area contributed by atoms with E-state index >= 15 is 0 Å². The van der Waals surface area contributed by atoms with Crippen molar-refractivity contribution in [2.75, 3.05) is 19.6 Å². The molecular weight excluding hydrogens is 238 g/mol. The monoisotopic (exact) mass is 261 g/mol. The number of hydrogen-bond acceptors (Lipinski definition) is 3. The Morgan fingerprint density at radius 1 is 1.53 bits per heavy atom. The van der Waals surface area contributed by atoms with Gasteiger partial charge in [-0.2, -0.15) is 0 Å². The molecule has 1 aromatic heterocycles. The second-order valence-electron chi connectivity index (χ2n) is 5.16. The molecule has 0 bridgehead atoms. The number of pyridine rings is 1. The van der Waals surface area contributed by atoms with Crippen LogP contribution in [0.5, 0.6) is 0 Å². The summed E-state index contributed by atoms with van der Waals surface area (Å²) in [5, 5.41) is 3.38. The molecule has 0 saturated carbocycles. The summed E-state index contributed by atoms with van der Waals surface area (Å²) in [4.78, 5) is 19.0. The standard InChI is InChI=1S/C15H23N3O/c1-3-10-18(13-7-5-9-16-11-13)15(19)14-8-4-6-12(2)17-14/h4,6,8,13,16H,3,5,7,9-11H2,1-2H3. The van der Waals surface area contributed by atoms with Gasteiger partial charge in [-0.15, -0.1) is 0 Å². The van der Waals surface area contributed by atoms with Crippen molar-refractivity contribution in [1.29, 1.82) is 0 Å².